The molecule has 0 fully saturated rings. The Labute approximate surface area is 183 Å². The Morgan fingerprint density at radius 2 is 1.59 bits per heavy atom. The molecule has 0 spiro atoms. The van der Waals surface area contributed by atoms with Gasteiger partial charge in [-0.25, -0.2) is 4.79 Å². The number of anilines is 1. The highest BCUT2D eigenvalue weighted by atomic mass is 16.5. The normalized spacial score (nSPS) is 10.6. The number of nitrogens with one attached hydrogen (secondary N) is 1. The second-order valence-corrected chi connectivity index (χ2v) is 6.80. The Kier molecular flexibility index (Phi) is 5.67. The van der Waals surface area contributed by atoms with Crippen LogP contribution in [0.25, 0.3) is 16.5 Å². The molecule has 160 valence electrons. The minimum absolute atomic E-state index is 0.0377. The van der Waals surface area contributed by atoms with Gasteiger partial charge < -0.3 is 14.8 Å². The summed E-state index contributed by atoms with van der Waals surface area (Å²) in [5.74, 6) is -0.780. The lowest BCUT2D eigenvalue weighted by Crippen LogP contribution is -2.26. The molecule has 0 aliphatic heterocycles. The van der Waals surface area contributed by atoms with Gasteiger partial charge in [0.05, 0.1) is 36.5 Å². The van der Waals surface area contributed by atoms with E-state index in [2.05, 4.69) is 10.4 Å². The molecular weight excluding hydrogens is 410 g/mol. The summed E-state index contributed by atoms with van der Waals surface area (Å²) in [7, 11) is 2.72. The number of amides is 1. The molecular formula is C24H19N3O5. The Morgan fingerprint density at radius 3 is 2.28 bits per heavy atom. The summed E-state index contributed by atoms with van der Waals surface area (Å²) >= 11 is 0. The molecule has 1 aromatic heterocycles. The minimum atomic E-state index is -0.633. The Balaban J connectivity index is 1.84. The number of benzene rings is 3. The quantitative estimate of drug-likeness (QED) is 0.488. The molecule has 0 bridgehead atoms. The molecule has 1 N–H and O–H groups in total. The van der Waals surface area contributed by atoms with Gasteiger partial charge in [-0.05, 0) is 36.4 Å². The van der Waals surface area contributed by atoms with Crippen molar-refractivity contribution in [3.05, 3.63) is 94.4 Å². The molecule has 8 nitrogen and oxygen atoms in total. The van der Waals surface area contributed by atoms with Crippen molar-refractivity contribution in [2.45, 2.75) is 0 Å². The predicted octanol–water partition coefficient (Wildman–Crippen LogP) is 3.43. The van der Waals surface area contributed by atoms with E-state index >= 15 is 0 Å². The van der Waals surface area contributed by atoms with E-state index in [1.165, 1.54) is 25.0 Å². The minimum Gasteiger partial charge on any atom is -0.497 e. The molecule has 0 aliphatic carbocycles. The van der Waals surface area contributed by atoms with E-state index in [-0.39, 0.29) is 22.5 Å². The lowest BCUT2D eigenvalue weighted by atomic mass is 10.1. The number of hydrogen-bond donors (Lipinski definition) is 1. The van der Waals surface area contributed by atoms with E-state index in [0.29, 0.717) is 22.2 Å². The smallest absolute Gasteiger partial charge is 0.340 e. The average Bonchev–Trinajstić information content (AvgIpc) is 2.84. The summed E-state index contributed by atoms with van der Waals surface area (Å²) in [6, 6.07) is 20.2. The van der Waals surface area contributed by atoms with Gasteiger partial charge in [0.15, 0.2) is 5.69 Å². The molecule has 0 atom stereocenters. The van der Waals surface area contributed by atoms with Crippen LogP contribution in [0, 0.1) is 0 Å². The third-order valence-corrected chi connectivity index (χ3v) is 4.90. The molecule has 8 heteroatoms. The summed E-state index contributed by atoms with van der Waals surface area (Å²) < 4.78 is 11.2. The van der Waals surface area contributed by atoms with Crippen molar-refractivity contribution in [3.8, 4) is 11.4 Å². The molecule has 1 amide bonds. The highest BCUT2D eigenvalue weighted by Crippen LogP contribution is 2.24. The van der Waals surface area contributed by atoms with Gasteiger partial charge in [0.1, 0.15) is 5.75 Å². The molecule has 0 unspecified atom stereocenters. The van der Waals surface area contributed by atoms with Crippen LogP contribution in [0.15, 0.2) is 77.6 Å². The lowest BCUT2D eigenvalue weighted by Gasteiger charge is -2.13. The van der Waals surface area contributed by atoms with E-state index in [1.807, 2.05) is 6.07 Å². The van der Waals surface area contributed by atoms with E-state index in [0.717, 1.165) is 0 Å². The van der Waals surface area contributed by atoms with Crippen LogP contribution in [0.1, 0.15) is 20.8 Å². The second kappa shape index (κ2) is 8.73. The molecule has 0 radical (unpaired) electrons. The summed E-state index contributed by atoms with van der Waals surface area (Å²) in [6.07, 6.45) is 0. The number of methoxy groups -OCH3 is 2. The van der Waals surface area contributed by atoms with Gasteiger partial charge in [0.25, 0.3) is 11.5 Å². The summed E-state index contributed by atoms with van der Waals surface area (Å²) in [6.45, 7) is 0. The molecule has 0 saturated heterocycles. The van der Waals surface area contributed by atoms with E-state index in [1.54, 1.807) is 60.7 Å². The molecule has 4 rings (SSSR count). The Morgan fingerprint density at radius 1 is 0.906 bits per heavy atom. The van der Waals surface area contributed by atoms with Gasteiger partial charge >= 0.3 is 5.97 Å². The maximum Gasteiger partial charge on any atom is 0.340 e. The van der Waals surface area contributed by atoms with Gasteiger partial charge in [0, 0.05) is 5.39 Å². The maximum atomic E-state index is 13.3. The molecule has 4 aromatic rings. The zero-order valence-electron chi connectivity index (χ0n) is 17.4. The van der Waals surface area contributed by atoms with Crippen LogP contribution in [0.4, 0.5) is 5.69 Å². The van der Waals surface area contributed by atoms with Gasteiger partial charge in [-0.3, -0.25) is 9.59 Å². The fourth-order valence-corrected chi connectivity index (χ4v) is 3.32. The van der Waals surface area contributed by atoms with Crippen molar-refractivity contribution < 1.29 is 19.1 Å². The summed E-state index contributed by atoms with van der Waals surface area (Å²) in [5, 5.41) is 7.80. The number of hydrogen-bond acceptors (Lipinski definition) is 6. The number of fused-ring (bicyclic) bond motifs is 1. The van der Waals surface area contributed by atoms with E-state index < -0.39 is 11.9 Å². The molecule has 0 saturated carbocycles. The number of esters is 1. The van der Waals surface area contributed by atoms with Crippen molar-refractivity contribution >= 4 is 28.3 Å². The SMILES string of the molecule is COC(=O)c1cc(OC)ccc1NC(=O)c1nn(-c2ccccc2)c(=O)c2ccccc12. The molecule has 32 heavy (non-hydrogen) atoms. The highest BCUT2D eigenvalue weighted by molar-refractivity contribution is 6.13. The monoisotopic (exact) mass is 429 g/mol. The van der Waals surface area contributed by atoms with Crippen LogP contribution < -0.4 is 15.6 Å². The first kappa shape index (κ1) is 20.8. The van der Waals surface area contributed by atoms with Crippen molar-refractivity contribution in [1.29, 1.82) is 0 Å². The Hall–Kier alpha value is -4.46. The number of nitrogens with zero attached hydrogens (tertiary/aromatic N) is 2. The van der Waals surface area contributed by atoms with Crippen LogP contribution in [-0.4, -0.2) is 35.9 Å². The first-order valence-corrected chi connectivity index (χ1v) is 9.68. The van der Waals surface area contributed by atoms with Gasteiger partial charge in [0.2, 0.25) is 0 Å². The Bertz CT molecular complexity index is 1380. The third-order valence-electron chi connectivity index (χ3n) is 4.90. The molecule has 0 aliphatic rings. The van der Waals surface area contributed by atoms with Crippen LogP contribution in [0.2, 0.25) is 0 Å². The summed E-state index contributed by atoms with van der Waals surface area (Å²) in [5.41, 5.74) is 0.572. The van der Waals surface area contributed by atoms with Crippen LogP contribution in [-0.2, 0) is 4.74 Å². The number of rotatable bonds is 5. The average molecular weight is 429 g/mol. The highest BCUT2D eigenvalue weighted by Gasteiger charge is 2.20. The lowest BCUT2D eigenvalue weighted by molar-refractivity contribution is 0.0601. The first-order valence-electron chi connectivity index (χ1n) is 9.68. The number of carbonyl (C=O) groups excluding carboxylic acids is 2. The van der Waals surface area contributed by atoms with Crippen molar-refractivity contribution in [1.82, 2.24) is 9.78 Å². The van der Waals surface area contributed by atoms with Gasteiger partial charge in [-0.2, -0.15) is 9.78 Å². The van der Waals surface area contributed by atoms with Crippen LogP contribution >= 0.6 is 0 Å². The van der Waals surface area contributed by atoms with Gasteiger partial charge in [-0.1, -0.05) is 36.4 Å². The topological polar surface area (TPSA) is 99.5 Å². The number of carbonyl (C=O) groups is 2. The number of aromatic nitrogens is 2. The van der Waals surface area contributed by atoms with Crippen LogP contribution in [0.5, 0.6) is 5.75 Å². The number of ether oxygens (including phenoxy) is 2. The van der Waals surface area contributed by atoms with E-state index in [4.69, 9.17) is 9.47 Å². The fourth-order valence-electron chi connectivity index (χ4n) is 3.32. The molecule has 3 aromatic carbocycles. The van der Waals surface area contributed by atoms with Crippen LogP contribution in [0.3, 0.4) is 0 Å². The first-order chi connectivity index (χ1) is 15.5. The fraction of sp³-hybridized carbons (Fsp3) is 0.0833. The predicted molar refractivity (Wildman–Crippen MR) is 120 cm³/mol. The maximum absolute atomic E-state index is 13.3. The van der Waals surface area contributed by atoms with Crippen molar-refractivity contribution in [2.24, 2.45) is 0 Å². The summed E-state index contributed by atoms with van der Waals surface area (Å²) in [4.78, 5) is 38.5. The number of para-hydroxylation sites is 1. The zero-order chi connectivity index (χ0) is 22.7. The second-order valence-electron chi connectivity index (χ2n) is 6.80. The van der Waals surface area contributed by atoms with Crippen molar-refractivity contribution in [3.63, 3.8) is 0 Å². The largest absolute Gasteiger partial charge is 0.497 e. The molecule has 1 heterocycles. The third kappa shape index (κ3) is 3.81. The van der Waals surface area contributed by atoms with E-state index in [9.17, 15) is 14.4 Å². The standard InChI is InChI=1S/C24H19N3O5/c1-31-16-12-13-20(19(14-16)24(30)32-2)25-22(28)21-17-10-6-7-11-18(17)23(29)27(26-21)15-8-4-3-5-9-15/h3-14H,1-2H3,(H,25,28). The van der Waals surface area contributed by atoms with Crippen molar-refractivity contribution in [2.75, 3.05) is 19.5 Å². The van der Waals surface area contributed by atoms with Gasteiger partial charge in [-0.15, -0.1) is 0 Å². The zero-order valence-corrected chi connectivity index (χ0v) is 17.4.